The summed E-state index contributed by atoms with van der Waals surface area (Å²) in [4.78, 5) is 61.2. The van der Waals surface area contributed by atoms with E-state index in [0.29, 0.717) is 40.9 Å². The van der Waals surface area contributed by atoms with Gasteiger partial charge in [-0.25, -0.2) is 19.3 Å². The maximum Gasteiger partial charge on any atom is 0.329 e. The summed E-state index contributed by atoms with van der Waals surface area (Å²) in [5, 5.41) is 9.51. The predicted octanol–water partition coefficient (Wildman–Crippen LogP) is 5.59. The highest BCUT2D eigenvalue weighted by atomic mass is 16.5. The van der Waals surface area contributed by atoms with E-state index in [4.69, 9.17) is 9.72 Å². The molecule has 7 heterocycles. The van der Waals surface area contributed by atoms with Gasteiger partial charge in [0.15, 0.2) is 5.65 Å². The first-order valence-corrected chi connectivity index (χ1v) is 20.1. The molecule has 2 aliphatic heterocycles. The number of amides is 3. The van der Waals surface area contributed by atoms with E-state index in [-0.39, 0.29) is 30.0 Å². The summed E-state index contributed by atoms with van der Waals surface area (Å²) in [6.07, 6.45) is 17.9. The van der Waals surface area contributed by atoms with Crippen LogP contribution in [0.5, 0.6) is 5.75 Å². The molecule has 5 aromatic heterocycles. The number of carbonyl (C=O) groups is 3. The lowest BCUT2D eigenvalue weighted by Gasteiger charge is -2.29. The van der Waals surface area contributed by atoms with Crippen molar-refractivity contribution in [3.05, 3.63) is 88.6 Å². The lowest BCUT2D eigenvalue weighted by atomic mass is 9.87. The van der Waals surface area contributed by atoms with Gasteiger partial charge in [0.05, 0.1) is 34.6 Å². The highest BCUT2D eigenvalue weighted by Gasteiger charge is 2.32. The number of anilines is 1. The standard InChI is InChI=1S/C23H26N6O2.C19H24N4O3/c1-15(2)31-20-11-21-26-19(16-7-4-3-5-8-16)14-28(21)13-17(20)23(30)27-18-12-25-29-10-6-9-24-22(18)29;1-21-9-7-12(8-10-21)13-3-4-14-16(11-13)22(2)19(26)23(14)15-5-6-17(24)20-18(15)25/h6,9-16H,3-5,7-8H2,1-2H3,(H,27,30);3-4,11-12,15H,5-10H2,1-2H3,(H,20,24,25). The minimum absolute atomic E-state index is 0.0691. The number of likely N-dealkylation sites (tertiary alicyclic amines) is 1. The lowest BCUT2D eigenvalue weighted by Crippen LogP contribution is -2.44. The number of ether oxygens (including phenoxy) is 1. The fourth-order valence-electron chi connectivity index (χ4n) is 8.46. The third kappa shape index (κ3) is 7.80. The van der Waals surface area contributed by atoms with E-state index in [1.807, 2.05) is 30.4 Å². The van der Waals surface area contributed by atoms with Gasteiger partial charge in [-0.2, -0.15) is 5.10 Å². The van der Waals surface area contributed by atoms with E-state index < -0.39 is 11.9 Å². The summed E-state index contributed by atoms with van der Waals surface area (Å²) in [7, 11) is 3.88. The number of aromatic nitrogens is 7. The number of hydrogen-bond acceptors (Lipinski definition) is 9. The average Bonchev–Trinajstić information content (AvgIpc) is 3.89. The molecule has 3 fully saturated rings. The van der Waals surface area contributed by atoms with Crippen molar-refractivity contribution in [1.82, 2.24) is 43.3 Å². The molecule has 2 saturated heterocycles. The monoisotopic (exact) mass is 774 g/mol. The quantitative estimate of drug-likeness (QED) is 0.197. The molecular weight excluding hydrogens is 725 g/mol. The maximum atomic E-state index is 13.2. The lowest BCUT2D eigenvalue weighted by molar-refractivity contribution is -0.135. The van der Waals surface area contributed by atoms with Gasteiger partial charge in [-0.15, -0.1) is 0 Å². The van der Waals surface area contributed by atoms with Crippen LogP contribution in [0, 0.1) is 0 Å². The Kier molecular flexibility index (Phi) is 10.7. The summed E-state index contributed by atoms with van der Waals surface area (Å²) in [6, 6.07) is 9.15. The first kappa shape index (κ1) is 38.1. The number of pyridine rings is 1. The van der Waals surface area contributed by atoms with Crippen molar-refractivity contribution in [3.63, 3.8) is 0 Å². The normalized spacial score (nSPS) is 18.6. The molecule has 15 nitrogen and oxygen atoms in total. The zero-order valence-electron chi connectivity index (χ0n) is 33.0. The van der Waals surface area contributed by atoms with Gasteiger partial charge >= 0.3 is 5.69 Å². The Morgan fingerprint density at radius 3 is 2.49 bits per heavy atom. The molecule has 0 radical (unpaired) electrons. The molecule has 0 bridgehead atoms. The molecule has 6 aromatic rings. The van der Waals surface area contributed by atoms with Gasteiger partial charge in [0.1, 0.15) is 23.1 Å². The smallest absolute Gasteiger partial charge is 0.329 e. The molecule has 9 rings (SSSR count). The second-order valence-corrected chi connectivity index (χ2v) is 15.9. The van der Waals surface area contributed by atoms with Crippen LogP contribution >= 0.6 is 0 Å². The number of imide groups is 1. The molecule has 1 aliphatic carbocycles. The van der Waals surface area contributed by atoms with Crippen molar-refractivity contribution >= 4 is 45.7 Å². The number of piperidine rings is 2. The number of aryl methyl sites for hydroxylation is 1. The molecular formula is C42H50N10O5. The SMILES string of the molecule is CC(C)Oc1cc2nc(C3CCCCC3)cn2cc1C(=O)Nc1cnn2cccnc12.CN1CCC(c2ccc3c(c2)n(C)c(=O)n3C2CCC(=O)NC2=O)CC1. The summed E-state index contributed by atoms with van der Waals surface area (Å²) >= 11 is 0. The number of hydrogen-bond donors (Lipinski definition) is 2. The third-order valence-corrected chi connectivity index (χ3v) is 11.6. The van der Waals surface area contributed by atoms with Crippen molar-refractivity contribution in [1.29, 1.82) is 0 Å². The minimum atomic E-state index is -0.627. The van der Waals surface area contributed by atoms with Crippen LogP contribution < -0.4 is 21.1 Å². The molecule has 298 valence electrons. The Morgan fingerprint density at radius 1 is 0.947 bits per heavy atom. The molecule has 1 aromatic carbocycles. The molecule has 1 saturated carbocycles. The number of fused-ring (bicyclic) bond motifs is 3. The van der Waals surface area contributed by atoms with Crippen molar-refractivity contribution < 1.29 is 19.1 Å². The van der Waals surface area contributed by atoms with Crippen LogP contribution in [0.4, 0.5) is 5.69 Å². The second kappa shape index (κ2) is 16.0. The number of imidazole rings is 2. The van der Waals surface area contributed by atoms with Crippen LogP contribution in [0.2, 0.25) is 0 Å². The molecule has 15 heteroatoms. The first-order chi connectivity index (χ1) is 27.5. The van der Waals surface area contributed by atoms with Crippen LogP contribution in [0.3, 0.4) is 0 Å². The van der Waals surface area contributed by atoms with Crippen molar-refractivity contribution in [2.75, 3.05) is 25.5 Å². The summed E-state index contributed by atoms with van der Waals surface area (Å²) in [5.41, 5.74) is 6.12. The number of benzene rings is 1. The van der Waals surface area contributed by atoms with Crippen LogP contribution in [0.15, 0.2) is 66.1 Å². The van der Waals surface area contributed by atoms with Gasteiger partial charge in [-0.1, -0.05) is 25.3 Å². The van der Waals surface area contributed by atoms with Gasteiger partial charge < -0.3 is 19.4 Å². The maximum absolute atomic E-state index is 13.2. The van der Waals surface area contributed by atoms with Crippen LogP contribution in [-0.4, -0.2) is 82.0 Å². The van der Waals surface area contributed by atoms with Gasteiger partial charge in [-0.05, 0) is 95.8 Å². The third-order valence-electron chi connectivity index (χ3n) is 11.6. The average molecular weight is 775 g/mol. The van der Waals surface area contributed by atoms with Crippen molar-refractivity contribution in [2.24, 2.45) is 7.05 Å². The van der Waals surface area contributed by atoms with Crippen molar-refractivity contribution in [3.8, 4) is 5.75 Å². The largest absolute Gasteiger partial charge is 0.490 e. The number of nitrogens with one attached hydrogen (secondary N) is 2. The minimum Gasteiger partial charge on any atom is -0.490 e. The number of rotatable bonds is 7. The zero-order valence-corrected chi connectivity index (χ0v) is 33.0. The summed E-state index contributed by atoms with van der Waals surface area (Å²) in [6.45, 7) is 6.05. The Labute approximate surface area is 330 Å². The zero-order chi connectivity index (χ0) is 39.8. The van der Waals surface area contributed by atoms with Gasteiger partial charge in [0.25, 0.3) is 5.91 Å². The Morgan fingerprint density at radius 2 is 1.74 bits per heavy atom. The van der Waals surface area contributed by atoms with Gasteiger partial charge in [-0.3, -0.25) is 28.8 Å². The molecule has 0 spiro atoms. The highest BCUT2D eigenvalue weighted by molar-refractivity contribution is 6.07. The Hall–Kier alpha value is -5.83. The fraction of sp³-hybridized carbons (Fsp3) is 0.452. The van der Waals surface area contributed by atoms with Crippen LogP contribution in [-0.2, 0) is 16.6 Å². The Bertz CT molecular complexity index is 2510. The van der Waals surface area contributed by atoms with E-state index >= 15 is 0 Å². The molecule has 3 aliphatic rings. The van der Waals surface area contributed by atoms with E-state index in [1.54, 1.807) is 47.0 Å². The Balaban J connectivity index is 0.000000162. The van der Waals surface area contributed by atoms with E-state index in [2.05, 4.69) is 51.0 Å². The van der Waals surface area contributed by atoms with Crippen molar-refractivity contribution in [2.45, 2.75) is 95.6 Å². The molecule has 2 N–H and O–H groups in total. The van der Waals surface area contributed by atoms with E-state index in [1.165, 1.54) is 42.2 Å². The predicted molar refractivity (Wildman–Crippen MR) is 216 cm³/mol. The molecule has 1 atom stereocenters. The fourth-order valence-corrected chi connectivity index (χ4v) is 8.46. The van der Waals surface area contributed by atoms with E-state index in [9.17, 15) is 19.2 Å². The summed E-state index contributed by atoms with van der Waals surface area (Å²) < 4.78 is 12.7. The highest BCUT2D eigenvalue weighted by Crippen LogP contribution is 2.34. The number of nitrogens with zero attached hydrogens (tertiary/aromatic N) is 8. The van der Waals surface area contributed by atoms with E-state index in [0.717, 1.165) is 48.3 Å². The molecule has 1 unspecified atom stereocenters. The first-order valence-electron chi connectivity index (χ1n) is 20.1. The molecule has 57 heavy (non-hydrogen) atoms. The van der Waals surface area contributed by atoms with Gasteiger partial charge in [0, 0.05) is 50.2 Å². The number of carbonyl (C=O) groups excluding carboxylic acids is 3. The molecule has 3 amide bonds. The van der Waals surface area contributed by atoms with Crippen LogP contribution in [0.1, 0.15) is 111 Å². The summed E-state index contributed by atoms with van der Waals surface area (Å²) in [5.74, 6) is 0.575. The topological polar surface area (TPSA) is 162 Å². The van der Waals surface area contributed by atoms with Crippen LogP contribution in [0.25, 0.3) is 22.3 Å². The second-order valence-electron chi connectivity index (χ2n) is 15.9. The van der Waals surface area contributed by atoms with Gasteiger partial charge in [0.2, 0.25) is 11.8 Å².